The molecule has 1 N–H and O–H groups in total. The molecule has 1 fully saturated rings. The van der Waals surface area contributed by atoms with Gasteiger partial charge in [-0.05, 0) is 6.92 Å². The van der Waals surface area contributed by atoms with Crippen LogP contribution in [0.3, 0.4) is 0 Å². The van der Waals surface area contributed by atoms with E-state index in [2.05, 4.69) is 20.4 Å². The Balaban J connectivity index is 1.75. The first-order chi connectivity index (χ1) is 10.6. The normalized spacial score (nSPS) is 15.8. The van der Waals surface area contributed by atoms with Crippen molar-refractivity contribution in [1.29, 1.82) is 0 Å². The Morgan fingerprint density at radius 1 is 1.36 bits per heavy atom. The van der Waals surface area contributed by atoms with Crippen LogP contribution < -0.4 is 10.1 Å². The first-order valence-corrected chi connectivity index (χ1v) is 7.54. The molecule has 7 nitrogen and oxygen atoms in total. The minimum Gasteiger partial charge on any atom is -0.473 e. The number of nitrogens with one attached hydrogen (secondary N) is 1. The van der Waals surface area contributed by atoms with Crippen LogP contribution in [0.15, 0.2) is 12.4 Å². The number of anilines is 2. The molecule has 0 radical (unpaired) electrons. The third kappa shape index (κ3) is 3.31. The monoisotopic (exact) mass is 323 g/mol. The average Bonchev–Trinajstić information content (AvgIpc) is 2.84. The minimum absolute atomic E-state index is 0.0779. The van der Waals surface area contributed by atoms with Gasteiger partial charge < -0.3 is 14.8 Å². The Bertz CT molecular complexity index is 655. The Hall–Kier alpha value is -1.86. The van der Waals surface area contributed by atoms with Crippen LogP contribution in [0, 0.1) is 6.92 Å². The lowest BCUT2D eigenvalue weighted by Crippen LogP contribution is -2.26. The Morgan fingerprint density at radius 2 is 2.14 bits per heavy atom. The molecule has 0 bridgehead atoms. The second-order valence-corrected chi connectivity index (χ2v) is 5.58. The largest absolute Gasteiger partial charge is 0.473 e. The van der Waals surface area contributed by atoms with Gasteiger partial charge in [-0.15, -0.1) is 0 Å². The summed E-state index contributed by atoms with van der Waals surface area (Å²) in [6.45, 7) is 3.37. The molecule has 8 heteroatoms. The molecular formula is C14H18ClN5O2. The van der Waals surface area contributed by atoms with Crippen LogP contribution in [0.2, 0.25) is 5.02 Å². The fraction of sp³-hybridized carbons (Fsp3) is 0.500. The van der Waals surface area contributed by atoms with Gasteiger partial charge in [0.05, 0.1) is 37.0 Å². The maximum atomic E-state index is 6.13. The highest BCUT2D eigenvalue weighted by Crippen LogP contribution is 2.26. The Kier molecular flexibility index (Phi) is 4.44. The van der Waals surface area contributed by atoms with Crippen LogP contribution in [0.4, 0.5) is 11.6 Å². The van der Waals surface area contributed by atoms with E-state index in [0.717, 1.165) is 24.2 Å². The highest BCUT2D eigenvalue weighted by atomic mass is 35.5. The SMILES string of the molecule is Cc1c(Nc2ncc(Cl)c(OC3CCOCC3)n2)cnn1C. The minimum atomic E-state index is 0.0779. The maximum absolute atomic E-state index is 6.13. The molecule has 3 heterocycles. The molecule has 0 spiro atoms. The Labute approximate surface area is 133 Å². The number of ether oxygens (including phenoxy) is 2. The first-order valence-electron chi connectivity index (χ1n) is 7.16. The lowest BCUT2D eigenvalue weighted by molar-refractivity contribution is 0.0238. The number of aromatic nitrogens is 4. The summed E-state index contributed by atoms with van der Waals surface area (Å²) >= 11 is 6.13. The molecule has 1 aliphatic heterocycles. The molecule has 0 atom stereocenters. The van der Waals surface area contributed by atoms with E-state index in [-0.39, 0.29) is 6.10 Å². The van der Waals surface area contributed by atoms with Crippen LogP contribution in [-0.4, -0.2) is 39.1 Å². The summed E-state index contributed by atoms with van der Waals surface area (Å²) in [7, 11) is 1.88. The summed E-state index contributed by atoms with van der Waals surface area (Å²) in [5, 5.41) is 7.71. The fourth-order valence-electron chi connectivity index (χ4n) is 2.19. The van der Waals surface area contributed by atoms with E-state index in [9.17, 15) is 0 Å². The van der Waals surface area contributed by atoms with Gasteiger partial charge in [-0.2, -0.15) is 10.1 Å². The van der Waals surface area contributed by atoms with Crippen LogP contribution in [0.5, 0.6) is 5.88 Å². The van der Waals surface area contributed by atoms with Crippen LogP contribution in [-0.2, 0) is 11.8 Å². The number of rotatable bonds is 4. The van der Waals surface area contributed by atoms with Crippen LogP contribution in [0.1, 0.15) is 18.5 Å². The van der Waals surface area contributed by atoms with Crippen LogP contribution in [0.25, 0.3) is 0 Å². The average molecular weight is 324 g/mol. The van der Waals surface area contributed by atoms with Gasteiger partial charge in [-0.1, -0.05) is 11.6 Å². The summed E-state index contributed by atoms with van der Waals surface area (Å²) in [5.74, 6) is 0.829. The number of halogens is 1. The van der Waals surface area contributed by atoms with Gasteiger partial charge in [0.1, 0.15) is 11.1 Å². The van der Waals surface area contributed by atoms with E-state index < -0.39 is 0 Å². The topological polar surface area (TPSA) is 74.1 Å². The molecule has 0 unspecified atom stereocenters. The summed E-state index contributed by atoms with van der Waals surface area (Å²) in [6, 6.07) is 0. The number of aryl methyl sites for hydroxylation is 1. The zero-order chi connectivity index (χ0) is 15.5. The molecule has 3 rings (SSSR count). The quantitative estimate of drug-likeness (QED) is 0.931. The van der Waals surface area contributed by atoms with Crippen molar-refractivity contribution < 1.29 is 9.47 Å². The molecule has 0 amide bonds. The van der Waals surface area contributed by atoms with Crippen molar-refractivity contribution in [1.82, 2.24) is 19.7 Å². The van der Waals surface area contributed by atoms with E-state index in [1.165, 1.54) is 6.20 Å². The van der Waals surface area contributed by atoms with E-state index in [1.807, 2.05) is 14.0 Å². The predicted molar refractivity (Wildman–Crippen MR) is 82.7 cm³/mol. The third-order valence-corrected chi connectivity index (χ3v) is 3.90. The first kappa shape index (κ1) is 15.1. The van der Waals surface area contributed by atoms with Gasteiger partial charge >= 0.3 is 0 Å². The predicted octanol–water partition coefficient (Wildman–Crippen LogP) is 2.47. The molecule has 2 aromatic heterocycles. The Morgan fingerprint density at radius 3 is 2.82 bits per heavy atom. The van der Waals surface area contributed by atoms with Gasteiger partial charge in [-0.3, -0.25) is 4.68 Å². The van der Waals surface area contributed by atoms with E-state index in [0.29, 0.717) is 30.1 Å². The fourth-order valence-corrected chi connectivity index (χ4v) is 2.32. The number of hydrogen-bond donors (Lipinski definition) is 1. The van der Waals surface area contributed by atoms with E-state index in [4.69, 9.17) is 21.1 Å². The van der Waals surface area contributed by atoms with E-state index >= 15 is 0 Å². The van der Waals surface area contributed by atoms with Crippen molar-refractivity contribution >= 4 is 23.2 Å². The lowest BCUT2D eigenvalue weighted by atomic mass is 10.2. The molecular weight excluding hydrogens is 306 g/mol. The highest BCUT2D eigenvalue weighted by Gasteiger charge is 2.18. The molecule has 0 aliphatic carbocycles. The summed E-state index contributed by atoms with van der Waals surface area (Å²) in [6.07, 6.45) is 5.02. The second-order valence-electron chi connectivity index (χ2n) is 5.17. The zero-order valence-corrected chi connectivity index (χ0v) is 13.3. The van der Waals surface area contributed by atoms with Crippen LogP contribution >= 0.6 is 11.6 Å². The highest BCUT2D eigenvalue weighted by molar-refractivity contribution is 6.31. The van der Waals surface area contributed by atoms with Crippen molar-refractivity contribution in [2.75, 3.05) is 18.5 Å². The van der Waals surface area contributed by atoms with Gasteiger partial charge in [0, 0.05) is 19.9 Å². The summed E-state index contributed by atoms with van der Waals surface area (Å²) in [4.78, 5) is 8.54. The lowest BCUT2D eigenvalue weighted by Gasteiger charge is -2.23. The van der Waals surface area contributed by atoms with Gasteiger partial charge in [0.2, 0.25) is 11.8 Å². The van der Waals surface area contributed by atoms with Gasteiger partial charge in [0.15, 0.2) is 0 Å². The van der Waals surface area contributed by atoms with Crippen molar-refractivity contribution in [3.63, 3.8) is 0 Å². The second kappa shape index (κ2) is 6.50. The summed E-state index contributed by atoms with van der Waals surface area (Å²) < 4.78 is 13.0. The standard InChI is InChI=1S/C14H18ClN5O2/c1-9-12(8-17-20(9)2)18-14-16-7-11(15)13(19-14)22-10-3-5-21-6-4-10/h7-8,10H,3-6H2,1-2H3,(H,16,18,19). The zero-order valence-electron chi connectivity index (χ0n) is 12.5. The van der Waals surface area contributed by atoms with Crippen molar-refractivity contribution in [3.8, 4) is 5.88 Å². The molecule has 1 aliphatic rings. The molecule has 2 aromatic rings. The van der Waals surface area contributed by atoms with Crippen molar-refractivity contribution in [2.45, 2.75) is 25.9 Å². The van der Waals surface area contributed by atoms with Gasteiger partial charge in [-0.25, -0.2) is 4.98 Å². The molecule has 118 valence electrons. The molecule has 0 saturated carbocycles. The van der Waals surface area contributed by atoms with Crippen molar-refractivity contribution in [3.05, 3.63) is 23.1 Å². The van der Waals surface area contributed by atoms with Crippen molar-refractivity contribution in [2.24, 2.45) is 7.05 Å². The third-order valence-electron chi connectivity index (χ3n) is 3.64. The van der Waals surface area contributed by atoms with E-state index in [1.54, 1.807) is 10.9 Å². The molecule has 0 aromatic carbocycles. The number of nitrogens with zero attached hydrogens (tertiary/aromatic N) is 4. The maximum Gasteiger partial charge on any atom is 0.237 e. The molecule has 22 heavy (non-hydrogen) atoms. The summed E-state index contributed by atoms with van der Waals surface area (Å²) in [5.41, 5.74) is 1.84. The molecule has 1 saturated heterocycles. The smallest absolute Gasteiger partial charge is 0.237 e. The number of hydrogen-bond acceptors (Lipinski definition) is 6. The van der Waals surface area contributed by atoms with Gasteiger partial charge in [0.25, 0.3) is 0 Å².